The van der Waals surface area contributed by atoms with Crippen molar-refractivity contribution in [3.63, 3.8) is 0 Å². The molecule has 0 aliphatic carbocycles. The predicted octanol–water partition coefficient (Wildman–Crippen LogP) is 0.0963. The van der Waals surface area contributed by atoms with Crippen molar-refractivity contribution in [2.24, 2.45) is 0 Å². The van der Waals surface area contributed by atoms with Crippen LogP contribution in [-0.4, -0.2) is 10.2 Å². The average Bonchev–Trinajstić information content (AvgIpc) is 2.35. The van der Waals surface area contributed by atoms with Crippen LogP contribution in [0.4, 0.5) is 5.69 Å². The molecule has 1 aliphatic heterocycles. The van der Waals surface area contributed by atoms with Gasteiger partial charge in [-0.3, -0.25) is 0 Å². The molecule has 0 saturated carbocycles. The number of phenols is 2. The summed E-state index contributed by atoms with van der Waals surface area (Å²) in [5.41, 5.74) is 1.08. The second-order valence-electron chi connectivity index (χ2n) is 2.63. The Bertz CT molecular complexity index is 360. The number of hydrogen-bond acceptors (Lipinski definition) is 3. The van der Waals surface area contributed by atoms with Crippen LogP contribution in [0.25, 0.3) is 6.08 Å². The first-order valence-electron chi connectivity index (χ1n) is 3.47. The maximum Gasteiger partial charge on any atom is 0.163 e. The minimum absolute atomic E-state index is 0.139. The van der Waals surface area contributed by atoms with Crippen LogP contribution in [0.5, 0.6) is 11.5 Å². The molecular formula is C8H7NO3. The molecule has 0 spiro atoms. The molecule has 0 fully saturated rings. The molecule has 0 radical (unpaired) electrons. The van der Waals surface area contributed by atoms with E-state index in [1.807, 2.05) is 0 Å². The Kier molecular flexibility index (Phi) is 1.33. The summed E-state index contributed by atoms with van der Waals surface area (Å²) in [5, 5.41) is 29.1. The molecular weight excluding hydrogens is 158 g/mol. The quantitative estimate of drug-likeness (QED) is 0.290. The van der Waals surface area contributed by atoms with Gasteiger partial charge >= 0.3 is 0 Å². The van der Waals surface area contributed by atoms with E-state index in [0.717, 1.165) is 0 Å². The molecule has 4 heteroatoms. The molecule has 1 aromatic carbocycles. The first-order valence-corrected chi connectivity index (χ1v) is 3.47. The van der Waals surface area contributed by atoms with E-state index >= 15 is 0 Å². The van der Waals surface area contributed by atoms with Gasteiger partial charge in [-0.2, -0.15) is 0 Å². The zero-order valence-corrected chi connectivity index (χ0v) is 6.11. The van der Waals surface area contributed by atoms with Crippen LogP contribution < -0.4 is 5.06 Å². The van der Waals surface area contributed by atoms with Crippen LogP contribution in [0.1, 0.15) is 5.56 Å². The van der Waals surface area contributed by atoms with Crippen molar-refractivity contribution in [2.45, 2.75) is 0 Å². The number of aromatic hydroxyl groups is 2. The van der Waals surface area contributed by atoms with Crippen LogP contribution in [0.3, 0.4) is 0 Å². The molecule has 0 aromatic heterocycles. The fraction of sp³-hybridized carbons (Fsp3) is 0. The largest absolute Gasteiger partial charge is 0.624 e. The van der Waals surface area contributed by atoms with E-state index < -0.39 is 0 Å². The molecule has 1 heterocycles. The molecule has 1 atom stereocenters. The Morgan fingerprint density at radius 2 is 1.83 bits per heavy atom. The Hall–Kier alpha value is -1.52. The zero-order valence-electron chi connectivity index (χ0n) is 6.11. The molecule has 62 valence electrons. The highest BCUT2D eigenvalue weighted by Gasteiger charge is 2.16. The van der Waals surface area contributed by atoms with Gasteiger partial charge in [0.05, 0.1) is 0 Å². The van der Waals surface area contributed by atoms with Crippen molar-refractivity contribution in [1.82, 2.24) is 0 Å². The Morgan fingerprint density at radius 1 is 1.17 bits per heavy atom. The van der Waals surface area contributed by atoms with Crippen LogP contribution >= 0.6 is 0 Å². The van der Waals surface area contributed by atoms with Crippen molar-refractivity contribution >= 4 is 11.8 Å². The highest BCUT2D eigenvalue weighted by Crippen LogP contribution is 2.31. The van der Waals surface area contributed by atoms with E-state index in [9.17, 15) is 5.21 Å². The first-order chi connectivity index (χ1) is 5.68. The van der Waals surface area contributed by atoms with Gasteiger partial charge in [0.15, 0.2) is 11.5 Å². The SMILES string of the molecule is [O-][NH+]1C=Cc2cc(O)c(O)cc21. The maximum atomic E-state index is 11.0. The van der Waals surface area contributed by atoms with E-state index in [-0.39, 0.29) is 16.6 Å². The minimum atomic E-state index is -0.259. The van der Waals surface area contributed by atoms with Crippen molar-refractivity contribution < 1.29 is 15.3 Å². The predicted molar refractivity (Wildman–Crippen MR) is 42.8 cm³/mol. The Balaban J connectivity index is 2.62. The lowest BCUT2D eigenvalue weighted by Crippen LogP contribution is -2.95. The van der Waals surface area contributed by atoms with Crippen molar-refractivity contribution in [3.05, 3.63) is 29.1 Å². The normalized spacial score (nSPS) is 19.6. The number of quaternary nitrogens is 1. The summed E-state index contributed by atoms with van der Waals surface area (Å²) in [6.45, 7) is 0. The lowest BCUT2D eigenvalue weighted by atomic mass is 10.2. The van der Waals surface area contributed by atoms with Gasteiger partial charge in [0.1, 0.15) is 11.9 Å². The molecule has 4 nitrogen and oxygen atoms in total. The second kappa shape index (κ2) is 2.23. The van der Waals surface area contributed by atoms with Gasteiger partial charge in [-0.1, -0.05) is 0 Å². The van der Waals surface area contributed by atoms with Gasteiger partial charge in [0, 0.05) is 17.7 Å². The lowest BCUT2D eigenvalue weighted by molar-refractivity contribution is -0.710. The highest BCUT2D eigenvalue weighted by atomic mass is 16.5. The van der Waals surface area contributed by atoms with Gasteiger partial charge in [-0.05, 0) is 6.07 Å². The third kappa shape index (κ3) is 0.861. The maximum absolute atomic E-state index is 11.0. The molecule has 1 aliphatic rings. The zero-order chi connectivity index (χ0) is 8.72. The number of benzene rings is 1. The van der Waals surface area contributed by atoms with Gasteiger partial charge in [0.25, 0.3) is 0 Å². The van der Waals surface area contributed by atoms with Gasteiger partial charge in [-0.15, -0.1) is 0 Å². The monoisotopic (exact) mass is 165 g/mol. The lowest BCUT2D eigenvalue weighted by Gasteiger charge is -2.13. The van der Waals surface area contributed by atoms with Crippen LogP contribution in [0, 0.1) is 5.21 Å². The Labute approximate surface area is 68.6 Å². The van der Waals surface area contributed by atoms with Crippen LogP contribution in [0.2, 0.25) is 0 Å². The number of fused-ring (bicyclic) bond motifs is 1. The number of nitrogens with one attached hydrogen (secondary N) is 1. The standard InChI is InChI=1S/C8H7NO3/c10-7-3-5-1-2-9(12)6(5)4-8(7)11/h1-4,9-11H. The fourth-order valence-corrected chi connectivity index (χ4v) is 1.20. The summed E-state index contributed by atoms with van der Waals surface area (Å²) in [7, 11) is 0. The van der Waals surface area contributed by atoms with Gasteiger partial charge < -0.3 is 20.5 Å². The molecule has 1 unspecified atom stereocenters. The van der Waals surface area contributed by atoms with Crippen molar-refractivity contribution in [2.75, 3.05) is 0 Å². The first kappa shape index (κ1) is 7.15. The van der Waals surface area contributed by atoms with Gasteiger partial charge in [-0.25, -0.2) is 0 Å². The summed E-state index contributed by atoms with van der Waals surface area (Å²) in [5.74, 6) is -0.459. The van der Waals surface area contributed by atoms with Crippen LogP contribution in [0.15, 0.2) is 18.3 Å². The molecule has 3 N–H and O–H groups in total. The third-order valence-electron chi connectivity index (χ3n) is 1.83. The number of hydrogen-bond donors (Lipinski definition) is 3. The summed E-state index contributed by atoms with van der Waals surface area (Å²) >= 11 is 0. The third-order valence-corrected chi connectivity index (χ3v) is 1.83. The van der Waals surface area contributed by atoms with Crippen LogP contribution in [-0.2, 0) is 0 Å². The van der Waals surface area contributed by atoms with E-state index in [1.54, 1.807) is 6.08 Å². The summed E-state index contributed by atoms with van der Waals surface area (Å²) in [6, 6.07) is 2.64. The molecule has 0 bridgehead atoms. The average molecular weight is 165 g/mol. The molecule has 0 saturated heterocycles. The van der Waals surface area contributed by atoms with Crippen molar-refractivity contribution in [3.8, 4) is 11.5 Å². The topological polar surface area (TPSA) is 68.0 Å². The number of phenolic OH excluding ortho intramolecular Hbond substituents is 2. The molecule has 12 heavy (non-hydrogen) atoms. The molecule has 1 aromatic rings. The van der Waals surface area contributed by atoms with Gasteiger partial charge in [0.2, 0.25) is 0 Å². The van der Waals surface area contributed by atoms with Crippen molar-refractivity contribution in [1.29, 1.82) is 0 Å². The van der Waals surface area contributed by atoms with E-state index in [0.29, 0.717) is 11.3 Å². The second-order valence-corrected chi connectivity index (χ2v) is 2.63. The smallest absolute Gasteiger partial charge is 0.163 e. The van der Waals surface area contributed by atoms with E-state index in [2.05, 4.69) is 0 Å². The number of hydroxylamine groups is 1. The minimum Gasteiger partial charge on any atom is -0.624 e. The molecule has 0 amide bonds. The van der Waals surface area contributed by atoms with E-state index in [1.165, 1.54) is 18.3 Å². The summed E-state index contributed by atoms with van der Waals surface area (Å²) in [6.07, 6.45) is 3.01. The summed E-state index contributed by atoms with van der Waals surface area (Å²) < 4.78 is 0. The number of rotatable bonds is 0. The summed E-state index contributed by atoms with van der Waals surface area (Å²) in [4.78, 5) is 0. The highest BCUT2D eigenvalue weighted by molar-refractivity contribution is 5.68. The van der Waals surface area contributed by atoms with E-state index in [4.69, 9.17) is 10.2 Å². The fourth-order valence-electron chi connectivity index (χ4n) is 1.20. The molecule has 2 rings (SSSR count). The Morgan fingerprint density at radius 3 is 2.58 bits per heavy atom.